The Kier molecular flexibility index (Phi) is 8.92. The van der Waals surface area contributed by atoms with Crippen LogP contribution in [0.5, 0.6) is 0 Å². The summed E-state index contributed by atoms with van der Waals surface area (Å²) in [5, 5.41) is 31.2. The number of hydrogen-bond acceptors (Lipinski definition) is 7. The second-order valence-corrected chi connectivity index (χ2v) is 7.73. The van der Waals surface area contributed by atoms with Crippen molar-refractivity contribution in [3.63, 3.8) is 0 Å². The lowest BCUT2D eigenvalue weighted by molar-refractivity contribution is 0.144. The number of carbonyl (C=O) groups is 1. The molecule has 0 saturated heterocycles. The fourth-order valence-corrected chi connectivity index (χ4v) is 3.25. The van der Waals surface area contributed by atoms with E-state index in [4.69, 9.17) is 4.74 Å². The summed E-state index contributed by atoms with van der Waals surface area (Å²) in [6.07, 6.45) is 4.83. The van der Waals surface area contributed by atoms with Crippen molar-refractivity contribution < 1.29 is 19.6 Å². The Hall–Kier alpha value is -4.00. The van der Waals surface area contributed by atoms with Crippen molar-refractivity contribution in [2.75, 3.05) is 6.61 Å². The van der Waals surface area contributed by atoms with E-state index < -0.39 is 19.2 Å². The summed E-state index contributed by atoms with van der Waals surface area (Å²) < 4.78 is 5.23. The number of aromatic nitrogens is 2. The zero-order chi connectivity index (χ0) is 24.3. The van der Waals surface area contributed by atoms with Gasteiger partial charge in [0.2, 0.25) is 0 Å². The van der Waals surface area contributed by atoms with Gasteiger partial charge in [0.1, 0.15) is 6.07 Å². The molecule has 34 heavy (non-hydrogen) atoms. The number of hydrogen-bond donors (Lipinski definition) is 3. The maximum Gasteiger partial charge on any atom is 0.475 e. The maximum atomic E-state index is 12.2. The highest BCUT2D eigenvalue weighted by Gasteiger charge is 2.26. The molecule has 1 heterocycles. The molecule has 0 aliphatic carbocycles. The van der Waals surface area contributed by atoms with Gasteiger partial charge in [0, 0.05) is 18.8 Å². The minimum Gasteiger partial charge on any atom is -0.449 e. The molecule has 3 N–H and O–H groups in total. The molecule has 0 saturated carbocycles. The van der Waals surface area contributed by atoms with Gasteiger partial charge in [-0.2, -0.15) is 5.26 Å². The monoisotopic (exact) mass is 456 g/mol. The minimum atomic E-state index is -1.72. The molecule has 1 atom stereocenters. The fraction of sp³-hybridized carbons (Fsp3) is 0.200. The van der Waals surface area contributed by atoms with Crippen LogP contribution in [0.2, 0.25) is 0 Å². The third-order valence-electron chi connectivity index (χ3n) is 5.05. The first kappa shape index (κ1) is 24.6. The van der Waals surface area contributed by atoms with Crippen LogP contribution in [0.3, 0.4) is 0 Å². The maximum absolute atomic E-state index is 12.2. The van der Waals surface area contributed by atoms with Gasteiger partial charge in [0.25, 0.3) is 0 Å². The molecule has 172 valence electrons. The largest absolute Gasteiger partial charge is 0.475 e. The number of ether oxygens (including phenoxy) is 1. The van der Waals surface area contributed by atoms with Crippen LogP contribution in [0.1, 0.15) is 28.1 Å². The van der Waals surface area contributed by atoms with E-state index >= 15 is 0 Å². The standard InChI is InChI=1S/C25H25BN4O4/c1-18-6-8-20(9-7-18)16-23(26(32)33)30-25(31)34-13-10-19-4-2-5-21(14-19)15-22(17-27)24-28-11-3-12-29-24/h2-9,11-12,14-15,23,32-33H,10,13,16H2,1H3,(H,30,31). The number of alkyl carbamates (subject to hydrolysis) is 1. The SMILES string of the molecule is Cc1ccc(CC(NC(=O)OCCc2cccc(C=C(C#N)c3ncccn3)c2)B(O)O)cc1. The first-order valence-corrected chi connectivity index (χ1v) is 10.8. The predicted octanol–water partition coefficient (Wildman–Crippen LogP) is 2.74. The predicted molar refractivity (Wildman–Crippen MR) is 129 cm³/mol. The van der Waals surface area contributed by atoms with Gasteiger partial charge in [0.15, 0.2) is 5.82 Å². The molecule has 1 aromatic heterocycles. The highest BCUT2D eigenvalue weighted by molar-refractivity contribution is 6.43. The average Bonchev–Trinajstić information content (AvgIpc) is 2.84. The lowest BCUT2D eigenvalue weighted by atomic mass is 9.76. The summed E-state index contributed by atoms with van der Waals surface area (Å²) in [7, 11) is -1.72. The van der Waals surface area contributed by atoms with Gasteiger partial charge in [-0.05, 0) is 42.2 Å². The summed E-state index contributed by atoms with van der Waals surface area (Å²) in [6.45, 7) is 2.06. The van der Waals surface area contributed by atoms with Gasteiger partial charge >= 0.3 is 13.2 Å². The van der Waals surface area contributed by atoms with Gasteiger partial charge in [-0.3, -0.25) is 0 Å². The number of rotatable bonds is 9. The second-order valence-electron chi connectivity index (χ2n) is 7.73. The molecule has 1 unspecified atom stereocenters. The molecule has 2 aromatic carbocycles. The number of carbonyl (C=O) groups excluding carboxylic acids is 1. The molecule has 0 spiro atoms. The van der Waals surface area contributed by atoms with Crippen LogP contribution in [0.15, 0.2) is 67.0 Å². The Bertz CT molecular complexity index is 1160. The van der Waals surface area contributed by atoms with Gasteiger partial charge in [-0.15, -0.1) is 0 Å². The Morgan fingerprint density at radius 2 is 1.88 bits per heavy atom. The van der Waals surface area contributed by atoms with Gasteiger partial charge in [-0.1, -0.05) is 54.1 Å². The van der Waals surface area contributed by atoms with Crippen molar-refractivity contribution in [1.82, 2.24) is 15.3 Å². The minimum absolute atomic E-state index is 0.102. The summed E-state index contributed by atoms with van der Waals surface area (Å²) >= 11 is 0. The van der Waals surface area contributed by atoms with E-state index in [2.05, 4.69) is 21.4 Å². The van der Waals surface area contributed by atoms with Crippen LogP contribution in [-0.2, 0) is 17.6 Å². The van der Waals surface area contributed by atoms with E-state index in [1.54, 1.807) is 24.5 Å². The molecule has 8 nitrogen and oxygen atoms in total. The van der Waals surface area contributed by atoms with Crippen molar-refractivity contribution in [1.29, 1.82) is 5.26 Å². The zero-order valence-electron chi connectivity index (χ0n) is 18.8. The summed E-state index contributed by atoms with van der Waals surface area (Å²) in [4.78, 5) is 20.4. The molecule has 0 radical (unpaired) electrons. The number of nitrogens with one attached hydrogen (secondary N) is 1. The molecule has 1 amide bonds. The van der Waals surface area contributed by atoms with Crippen LogP contribution in [0, 0.1) is 18.3 Å². The van der Waals surface area contributed by atoms with Crippen LogP contribution in [0.25, 0.3) is 11.6 Å². The van der Waals surface area contributed by atoms with E-state index in [-0.39, 0.29) is 13.0 Å². The Balaban J connectivity index is 1.54. The number of benzene rings is 2. The molecule has 0 aliphatic rings. The van der Waals surface area contributed by atoms with E-state index in [1.807, 2.05) is 55.5 Å². The normalized spacial score (nSPS) is 11.9. The van der Waals surface area contributed by atoms with Crippen molar-refractivity contribution in [3.05, 3.63) is 95.1 Å². The molecule has 0 bridgehead atoms. The van der Waals surface area contributed by atoms with Gasteiger partial charge in [-0.25, -0.2) is 14.8 Å². The van der Waals surface area contributed by atoms with Crippen molar-refractivity contribution in [2.24, 2.45) is 0 Å². The number of aryl methyl sites for hydroxylation is 1. The van der Waals surface area contributed by atoms with Crippen molar-refractivity contribution in [2.45, 2.75) is 25.7 Å². The third kappa shape index (κ3) is 7.55. The summed E-state index contributed by atoms with van der Waals surface area (Å²) in [5.74, 6) is -0.546. The van der Waals surface area contributed by atoms with E-state index in [9.17, 15) is 20.1 Å². The zero-order valence-corrected chi connectivity index (χ0v) is 18.8. The molecule has 3 aromatic rings. The Labute approximate surface area is 198 Å². The quantitative estimate of drug-likeness (QED) is 0.334. The molecular weight excluding hydrogens is 431 g/mol. The topological polar surface area (TPSA) is 128 Å². The Morgan fingerprint density at radius 3 is 2.56 bits per heavy atom. The molecular formula is C25H25BN4O4. The van der Waals surface area contributed by atoms with Crippen molar-refractivity contribution >= 4 is 24.9 Å². The van der Waals surface area contributed by atoms with Gasteiger partial charge < -0.3 is 20.1 Å². The van der Waals surface area contributed by atoms with E-state index in [0.717, 1.165) is 22.3 Å². The molecule has 3 rings (SSSR count). The average molecular weight is 456 g/mol. The van der Waals surface area contributed by atoms with Gasteiger partial charge in [0.05, 0.1) is 18.1 Å². The third-order valence-corrected chi connectivity index (χ3v) is 5.05. The first-order chi connectivity index (χ1) is 16.4. The molecule has 0 fully saturated rings. The highest BCUT2D eigenvalue weighted by atomic mass is 16.5. The number of allylic oxidation sites excluding steroid dienone is 1. The van der Waals surface area contributed by atoms with Crippen LogP contribution in [0.4, 0.5) is 4.79 Å². The van der Waals surface area contributed by atoms with E-state index in [1.165, 1.54) is 0 Å². The number of amides is 1. The number of nitrogens with zero attached hydrogens (tertiary/aromatic N) is 3. The summed E-state index contributed by atoms with van der Waals surface area (Å²) in [5.41, 5.74) is 4.01. The second kappa shape index (κ2) is 12.3. The highest BCUT2D eigenvalue weighted by Crippen LogP contribution is 2.15. The van der Waals surface area contributed by atoms with E-state index in [0.29, 0.717) is 17.8 Å². The van der Waals surface area contributed by atoms with Crippen LogP contribution in [-0.4, -0.2) is 45.8 Å². The van der Waals surface area contributed by atoms with Crippen LogP contribution < -0.4 is 5.32 Å². The van der Waals surface area contributed by atoms with Crippen molar-refractivity contribution in [3.8, 4) is 6.07 Å². The lowest BCUT2D eigenvalue weighted by Gasteiger charge is -2.18. The molecule has 9 heteroatoms. The molecule has 0 aliphatic heterocycles. The lowest BCUT2D eigenvalue weighted by Crippen LogP contribution is -2.48. The van der Waals surface area contributed by atoms with Crippen LogP contribution >= 0.6 is 0 Å². The Morgan fingerprint density at radius 1 is 1.15 bits per heavy atom. The smallest absolute Gasteiger partial charge is 0.449 e. The fourth-order valence-electron chi connectivity index (χ4n) is 3.25. The first-order valence-electron chi connectivity index (χ1n) is 10.8. The summed E-state index contributed by atoms with van der Waals surface area (Å²) in [6, 6.07) is 18.9. The number of nitriles is 1.